The minimum absolute atomic E-state index is 0.0875. The van der Waals surface area contributed by atoms with Crippen molar-refractivity contribution in [2.75, 3.05) is 39.5 Å². The first-order chi connectivity index (χ1) is 14.8. The molecule has 3 aliphatic heterocycles. The van der Waals surface area contributed by atoms with Gasteiger partial charge >= 0.3 is 0 Å². The third-order valence-corrected chi connectivity index (χ3v) is 5.94. The van der Waals surface area contributed by atoms with Crippen LogP contribution in [0.5, 0.6) is 0 Å². The molecule has 3 aliphatic rings. The summed E-state index contributed by atoms with van der Waals surface area (Å²) >= 11 is 0. The van der Waals surface area contributed by atoms with E-state index in [1.165, 1.54) is 6.40 Å². The average molecular weight is 409 g/mol. The zero-order valence-corrected chi connectivity index (χ0v) is 17.1. The van der Waals surface area contributed by atoms with Crippen LogP contribution in [0.15, 0.2) is 59.7 Å². The van der Waals surface area contributed by atoms with Crippen molar-refractivity contribution in [3.05, 3.63) is 71.3 Å². The predicted molar refractivity (Wildman–Crippen MR) is 112 cm³/mol. The molecule has 0 aromatic heterocycles. The number of rotatable bonds is 5. The van der Waals surface area contributed by atoms with E-state index >= 15 is 0 Å². The summed E-state index contributed by atoms with van der Waals surface area (Å²) < 4.78 is 23.7. The van der Waals surface area contributed by atoms with Gasteiger partial charge in [0.15, 0.2) is 6.40 Å². The van der Waals surface area contributed by atoms with Crippen molar-refractivity contribution < 1.29 is 18.9 Å². The highest BCUT2D eigenvalue weighted by atomic mass is 16.7. The summed E-state index contributed by atoms with van der Waals surface area (Å²) in [6.45, 7) is 6.33. The molecule has 7 heteroatoms. The first-order valence-electron chi connectivity index (χ1n) is 10.5. The molecule has 2 unspecified atom stereocenters. The maximum atomic E-state index is 6.18. The number of hydrogen-bond acceptors (Lipinski definition) is 7. The van der Waals surface area contributed by atoms with E-state index in [4.69, 9.17) is 18.9 Å². The molecule has 0 aliphatic carbocycles. The van der Waals surface area contributed by atoms with E-state index in [0.29, 0.717) is 26.4 Å². The Labute approximate surface area is 176 Å². The zero-order chi connectivity index (χ0) is 20.4. The van der Waals surface area contributed by atoms with E-state index in [-0.39, 0.29) is 12.1 Å². The highest BCUT2D eigenvalue weighted by molar-refractivity contribution is 5.48. The van der Waals surface area contributed by atoms with Gasteiger partial charge in [-0.25, -0.2) is 0 Å². The fourth-order valence-corrected chi connectivity index (χ4v) is 4.33. The number of ether oxygens (including phenoxy) is 4. The van der Waals surface area contributed by atoms with Crippen LogP contribution in [0.4, 0.5) is 0 Å². The summed E-state index contributed by atoms with van der Waals surface area (Å²) in [4.78, 5) is 0. The lowest BCUT2D eigenvalue weighted by Crippen LogP contribution is -2.50. The molecule has 2 saturated heterocycles. The molecular weight excluding hydrogens is 382 g/mol. The topological polar surface area (TPSA) is 55.8 Å². The third-order valence-electron chi connectivity index (χ3n) is 5.94. The van der Waals surface area contributed by atoms with Gasteiger partial charge in [-0.2, -0.15) is 10.1 Å². The largest absolute Gasteiger partial charge is 0.455 e. The Bertz CT molecular complexity index is 879. The molecule has 30 heavy (non-hydrogen) atoms. The molecule has 2 atom stereocenters. The number of hydrazone groups is 1. The zero-order valence-electron chi connectivity index (χ0n) is 17.1. The van der Waals surface area contributed by atoms with Crippen LogP contribution < -0.4 is 0 Å². The molecule has 0 spiro atoms. The van der Waals surface area contributed by atoms with Crippen molar-refractivity contribution >= 4 is 6.40 Å². The van der Waals surface area contributed by atoms with Crippen molar-refractivity contribution in [1.82, 2.24) is 10.1 Å². The van der Waals surface area contributed by atoms with Crippen molar-refractivity contribution in [3.8, 4) is 0 Å². The summed E-state index contributed by atoms with van der Waals surface area (Å²) in [6, 6.07) is 18.6. The van der Waals surface area contributed by atoms with Gasteiger partial charge in [0.2, 0.25) is 12.0 Å². The molecule has 0 amide bonds. The summed E-state index contributed by atoms with van der Waals surface area (Å²) in [7, 11) is 0. The molecule has 5 rings (SSSR count). The van der Waals surface area contributed by atoms with Crippen LogP contribution in [-0.4, -0.2) is 62.3 Å². The van der Waals surface area contributed by atoms with E-state index in [0.717, 1.165) is 29.8 Å². The van der Waals surface area contributed by atoms with Crippen LogP contribution in [-0.2, 0) is 24.7 Å². The standard InChI is InChI=1S/C23H27N3O4/c1-18(22-26(24-17-28-22)25-10-12-27-13-11-25)19-6-5-9-21(16-19)23(29-14-15-30-23)20-7-3-2-4-8-20/h2-9,16-18,22H,10-15H2,1H3. The number of hydrazine groups is 1. The van der Waals surface area contributed by atoms with Crippen LogP contribution in [0, 0.1) is 0 Å². The van der Waals surface area contributed by atoms with Crippen LogP contribution in [0.25, 0.3) is 0 Å². The maximum absolute atomic E-state index is 6.18. The number of morpholine rings is 1. The van der Waals surface area contributed by atoms with Crippen LogP contribution >= 0.6 is 0 Å². The highest BCUT2D eigenvalue weighted by Crippen LogP contribution is 2.40. The van der Waals surface area contributed by atoms with Gasteiger partial charge in [0, 0.05) is 30.1 Å². The molecule has 2 aromatic rings. The van der Waals surface area contributed by atoms with E-state index in [1.54, 1.807) is 0 Å². The fraction of sp³-hybridized carbons (Fsp3) is 0.435. The van der Waals surface area contributed by atoms with Gasteiger partial charge in [0.25, 0.3) is 0 Å². The lowest BCUT2D eigenvalue weighted by atomic mass is 9.91. The van der Waals surface area contributed by atoms with Gasteiger partial charge in [-0.05, 0) is 11.6 Å². The number of benzene rings is 2. The molecule has 2 fully saturated rings. The van der Waals surface area contributed by atoms with Gasteiger partial charge in [0.05, 0.1) is 26.4 Å². The molecule has 0 radical (unpaired) electrons. The lowest BCUT2D eigenvalue weighted by Gasteiger charge is -2.37. The molecule has 3 heterocycles. The average Bonchev–Trinajstić information content (AvgIpc) is 3.51. The molecule has 2 aromatic carbocycles. The smallest absolute Gasteiger partial charge is 0.222 e. The Kier molecular flexibility index (Phi) is 5.43. The summed E-state index contributed by atoms with van der Waals surface area (Å²) in [5.41, 5.74) is 3.14. The minimum atomic E-state index is -0.867. The third kappa shape index (κ3) is 3.48. The second-order valence-electron chi connectivity index (χ2n) is 7.73. The summed E-state index contributed by atoms with van der Waals surface area (Å²) in [5, 5.41) is 8.60. The van der Waals surface area contributed by atoms with Crippen LogP contribution in [0.1, 0.15) is 29.5 Å². The number of nitrogens with zero attached hydrogens (tertiary/aromatic N) is 3. The Hall–Kier alpha value is -2.45. The van der Waals surface area contributed by atoms with Crippen LogP contribution in [0.2, 0.25) is 0 Å². The summed E-state index contributed by atoms with van der Waals surface area (Å²) in [5.74, 6) is -0.780. The SMILES string of the molecule is CC(c1cccc(C2(c3ccccc3)OCCO2)c1)C1OC=NN1N1CCOCC1. The van der Waals surface area contributed by atoms with Gasteiger partial charge in [-0.3, -0.25) is 0 Å². The van der Waals surface area contributed by atoms with Gasteiger partial charge in [-0.15, -0.1) is 5.10 Å². The maximum Gasteiger partial charge on any atom is 0.222 e. The normalized spacial score (nSPS) is 24.7. The number of hydrogen-bond donors (Lipinski definition) is 0. The Morgan fingerprint density at radius 1 is 0.933 bits per heavy atom. The highest BCUT2D eigenvalue weighted by Gasteiger charge is 2.41. The first-order valence-corrected chi connectivity index (χ1v) is 10.5. The predicted octanol–water partition coefficient (Wildman–Crippen LogP) is 2.89. The minimum Gasteiger partial charge on any atom is -0.455 e. The molecule has 0 bridgehead atoms. The molecule has 158 valence electrons. The van der Waals surface area contributed by atoms with E-state index in [2.05, 4.69) is 53.4 Å². The first kappa shape index (κ1) is 19.5. The van der Waals surface area contributed by atoms with Crippen molar-refractivity contribution in [1.29, 1.82) is 0 Å². The molecular formula is C23H27N3O4. The molecule has 7 nitrogen and oxygen atoms in total. The lowest BCUT2D eigenvalue weighted by molar-refractivity contribution is -0.149. The van der Waals surface area contributed by atoms with E-state index in [1.807, 2.05) is 23.3 Å². The van der Waals surface area contributed by atoms with E-state index in [9.17, 15) is 0 Å². The van der Waals surface area contributed by atoms with Crippen molar-refractivity contribution in [2.45, 2.75) is 24.9 Å². The molecule has 0 N–H and O–H groups in total. The van der Waals surface area contributed by atoms with Crippen molar-refractivity contribution in [2.24, 2.45) is 5.10 Å². The Morgan fingerprint density at radius 2 is 1.67 bits per heavy atom. The Balaban J connectivity index is 1.43. The van der Waals surface area contributed by atoms with Gasteiger partial charge in [-0.1, -0.05) is 55.5 Å². The quantitative estimate of drug-likeness (QED) is 0.757. The van der Waals surface area contributed by atoms with Crippen LogP contribution in [0.3, 0.4) is 0 Å². The van der Waals surface area contributed by atoms with Crippen molar-refractivity contribution in [3.63, 3.8) is 0 Å². The Morgan fingerprint density at radius 3 is 2.43 bits per heavy atom. The van der Waals surface area contributed by atoms with Gasteiger partial charge in [0.1, 0.15) is 0 Å². The van der Waals surface area contributed by atoms with E-state index < -0.39 is 5.79 Å². The second kappa shape index (κ2) is 8.35. The van der Waals surface area contributed by atoms with Gasteiger partial charge < -0.3 is 18.9 Å². The fourth-order valence-electron chi connectivity index (χ4n) is 4.33. The monoisotopic (exact) mass is 409 g/mol. The summed E-state index contributed by atoms with van der Waals surface area (Å²) in [6.07, 6.45) is 1.34. The molecule has 0 saturated carbocycles. The second-order valence-corrected chi connectivity index (χ2v) is 7.73.